The number of aryl methyl sites for hydroxylation is 1. The summed E-state index contributed by atoms with van der Waals surface area (Å²) < 4.78 is 0. The summed E-state index contributed by atoms with van der Waals surface area (Å²) in [5.41, 5.74) is 2.88. The van der Waals surface area contributed by atoms with E-state index in [-0.39, 0.29) is 0 Å². The van der Waals surface area contributed by atoms with E-state index in [2.05, 4.69) is 13.0 Å². The van der Waals surface area contributed by atoms with Gasteiger partial charge in [-0.25, -0.2) is 0 Å². The first-order valence-corrected chi connectivity index (χ1v) is 12.1. The van der Waals surface area contributed by atoms with E-state index in [0.29, 0.717) is 5.75 Å². The maximum Gasteiger partial charge on any atom is 0.115 e. The topological polar surface area (TPSA) is 20.2 Å². The molecule has 152 valence electrons. The fourth-order valence-electron chi connectivity index (χ4n) is 5.56. The van der Waals surface area contributed by atoms with Crippen LogP contribution in [-0.2, 0) is 12.8 Å². The van der Waals surface area contributed by atoms with Crippen LogP contribution in [0.25, 0.3) is 0 Å². The number of aromatic hydroxyl groups is 1. The van der Waals surface area contributed by atoms with Gasteiger partial charge in [0.25, 0.3) is 0 Å². The smallest absolute Gasteiger partial charge is 0.115 e. The van der Waals surface area contributed by atoms with E-state index in [1.165, 1.54) is 114 Å². The molecule has 0 heterocycles. The average molecular weight is 371 g/mol. The van der Waals surface area contributed by atoms with Gasteiger partial charge in [-0.05, 0) is 66.7 Å². The number of fused-ring (bicyclic) bond motifs is 1. The van der Waals surface area contributed by atoms with Gasteiger partial charge in [0.1, 0.15) is 5.75 Å². The Hall–Kier alpha value is -0.980. The predicted octanol–water partition coefficient (Wildman–Crippen LogP) is 7.83. The molecule has 3 rings (SSSR count). The number of rotatable bonds is 10. The van der Waals surface area contributed by atoms with Gasteiger partial charge >= 0.3 is 0 Å². The number of unbranched alkanes of at least 4 members (excludes halogenated alkanes) is 5. The zero-order chi connectivity index (χ0) is 18.9. The Morgan fingerprint density at radius 2 is 1.41 bits per heavy atom. The van der Waals surface area contributed by atoms with Crippen LogP contribution in [0, 0.1) is 17.8 Å². The van der Waals surface area contributed by atoms with Crippen LogP contribution in [0.15, 0.2) is 18.2 Å². The number of benzene rings is 1. The summed E-state index contributed by atoms with van der Waals surface area (Å²) in [5, 5.41) is 9.65. The average Bonchev–Trinajstić information content (AvgIpc) is 2.70. The highest BCUT2D eigenvalue weighted by Crippen LogP contribution is 2.37. The number of hydrogen-bond acceptors (Lipinski definition) is 1. The minimum Gasteiger partial charge on any atom is -0.508 e. The molecule has 0 radical (unpaired) electrons. The Morgan fingerprint density at radius 3 is 2.19 bits per heavy atom. The molecule has 2 aliphatic carbocycles. The van der Waals surface area contributed by atoms with Crippen LogP contribution in [0.5, 0.6) is 5.75 Å². The monoisotopic (exact) mass is 370 g/mol. The first-order chi connectivity index (χ1) is 13.2. The molecule has 2 aliphatic rings. The first-order valence-electron chi connectivity index (χ1n) is 12.1. The van der Waals surface area contributed by atoms with Crippen LogP contribution in [-0.4, -0.2) is 5.11 Å². The highest BCUT2D eigenvalue weighted by Gasteiger charge is 2.23. The van der Waals surface area contributed by atoms with Crippen LogP contribution in [0.4, 0.5) is 0 Å². The van der Waals surface area contributed by atoms with Crippen molar-refractivity contribution in [3.63, 3.8) is 0 Å². The summed E-state index contributed by atoms with van der Waals surface area (Å²) in [6, 6.07) is 6.01. The lowest BCUT2D eigenvalue weighted by Crippen LogP contribution is -2.18. The molecule has 0 saturated heterocycles. The molecule has 0 aliphatic heterocycles. The summed E-state index contributed by atoms with van der Waals surface area (Å²) in [5.74, 6) is 3.36. The second-order valence-corrected chi connectivity index (χ2v) is 9.58. The van der Waals surface area contributed by atoms with E-state index in [0.717, 1.165) is 17.8 Å². The van der Waals surface area contributed by atoms with E-state index in [9.17, 15) is 5.11 Å². The predicted molar refractivity (Wildman–Crippen MR) is 116 cm³/mol. The highest BCUT2D eigenvalue weighted by atomic mass is 16.3. The molecular formula is C26H42O. The van der Waals surface area contributed by atoms with Gasteiger partial charge in [0, 0.05) is 0 Å². The highest BCUT2D eigenvalue weighted by molar-refractivity contribution is 5.36. The minimum absolute atomic E-state index is 0.435. The van der Waals surface area contributed by atoms with E-state index < -0.39 is 0 Å². The standard InChI is InChI=1S/C26H42O/c1-2-3-4-5-6-7-8-21-9-11-22(12-10-21)13-14-23-15-16-25-20-26(27)18-17-24(25)19-23/h17-18,20-23,27H,2-16,19H2,1H3. The lowest BCUT2D eigenvalue weighted by molar-refractivity contribution is 0.233. The van der Waals surface area contributed by atoms with Gasteiger partial charge in [-0.3, -0.25) is 0 Å². The van der Waals surface area contributed by atoms with Gasteiger partial charge in [0.15, 0.2) is 0 Å². The third kappa shape index (κ3) is 6.84. The van der Waals surface area contributed by atoms with E-state index in [4.69, 9.17) is 0 Å². The van der Waals surface area contributed by atoms with Gasteiger partial charge in [-0.2, -0.15) is 0 Å². The summed E-state index contributed by atoms with van der Waals surface area (Å²) in [6.07, 6.45) is 22.8. The Morgan fingerprint density at radius 1 is 0.741 bits per heavy atom. The van der Waals surface area contributed by atoms with Crippen LogP contribution < -0.4 is 0 Å². The number of phenols is 1. The molecule has 0 amide bonds. The van der Waals surface area contributed by atoms with Gasteiger partial charge in [0.05, 0.1) is 0 Å². The molecule has 0 aromatic heterocycles. The molecule has 1 nitrogen and oxygen atoms in total. The summed E-state index contributed by atoms with van der Waals surface area (Å²) in [7, 11) is 0. The molecule has 0 bridgehead atoms. The Bertz CT molecular complexity index is 541. The molecule has 27 heavy (non-hydrogen) atoms. The van der Waals surface area contributed by atoms with Crippen molar-refractivity contribution in [3.05, 3.63) is 29.3 Å². The zero-order valence-electron chi connectivity index (χ0n) is 17.7. The maximum absolute atomic E-state index is 9.65. The van der Waals surface area contributed by atoms with Crippen molar-refractivity contribution in [2.24, 2.45) is 17.8 Å². The molecule has 1 fully saturated rings. The normalized spacial score (nSPS) is 25.3. The summed E-state index contributed by atoms with van der Waals surface area (Å²) in [6.45, 7) is 2.30. The molecule has 1 saturated carbocycles. The van der Waals surface area contributed by atoms with Crippen LogP contribution in [0.2, 0.25) is 0 Å². The van der Waals surface area contributed by atoms with E-state index in [1.807, 2.05) is 12.1 Å². The van der Waals surface area contributed by atoms with Crippen molar-refractivity contribution >= 4 is 0 Å². The minimum atomic E-state index is 0.435. The maximum atomic E-state index is 9.65. The van der Waals surface area contributed by atoms with Crippen molar-refractivity contribution in [2.45, 2.75) is 110 Å². The largest absolute Gasteiger partial charge is 0.508 e. The Balaban J connectivity index is 1.27. The van der Waals surface area contributed by atoms with Gasteiger partial charge in [-0.15, -0.1) is 0 Å². The lowest BCUT2D eigenvalue weighted by Gasteiger charge is -2.31. The third-order valence-corrected chi connectivity index (χ3v) is 7.44. The SMILES string of the molecule is CCCCCCCCC1CCC(CCC2CCc3cc(O)ccc3C2)CC1. The van der Waals surface area contributed by atoms with Crippen LogP contribution in [0.1, 0.15) is 108 Å². The van der Waals surface area contributed by atoms with Crippen molar-refractivity contribution < 1.29 is 5.11 Å². The Kier molecular flexibility index (Phi) is 8.55. The molecule has 1 atom stereocenters. The number of phenolic OH excluding ortho intramolecular Hbond substituents is 1. The summed E-state index contributed by atoms with van der Waals surface area (Å²) >= 11 is 0. The first kappa shape index (κ1) is 20.7. The van der Waals surface area contributed by atoms with Crippen molar-refractivity contribution in [3.8, 4) is 5.75 Å². The van der Waals surface area contributed by atoms with Crippen LogP contribution >= 0.6 is 0 Å². The molecule has 1 unspecified atom stereocenters. The second kappa shape index (κ2) is 11.1. The van der Waals surface area contributed by atoms with Crippen molar-refractivity contribution in [1.29, 1.82) is 0 Å². The van der Waals surface area contributed by atoms with Crippen LogP contribution in [0.3, 0.4) is 0 Å². The molecular weight excluding hydrogens is 328 g/mol. The third-order valence-electron chi connectivity index (χ3n) is 7.44. The second-order valence-electron chi connectivity index (χ2n) is 9.58. The molecule has 0 spiro atoms. The zero-order valence-corrected chi connectivity index (χ0v) is 17.7. The van der Waals surface area contributed by atoms with E-state index >= 15 is 0 Å². The van der Waals surface area contributed by atoms with Crippen molar-refractivity contribution in [1.82, 2.24) is 0 Å². The van der Waals surface area contributed by atoms with Gasteiger partial charge in [0.2, 0.25) is 0 Å². The quantitative estimate of drug-likeness (QED) is 0.416. The lowest BCUT2D eigenvalue weighted by atomic mass is 9.75. The number of hydrogen-bond donors (Lipinski definition) is 1. The Labute approximate surface area is 168 Å². The molecule has 1 aromatic rings. The van der Waals surface area contributed by atoms with E-state index in [1.54, 1.807) is 0 Å². The van der Waals surface area contributed by atoms with Crippen molar-refractivity contribution in [2.75, 3.05) is 0 Å². The molecule has 1 aromatic carbocycles. The van der Waals surface area contributed by atoms with Gasteiger partial charge < -0.3 is 5.11 Å². The fourth-order valence-corrected chi connectivity index (χ4v) is 5.56. The fraction of sp³-hybridized carbons (Fsp3) is 0.769. The molecule has 1 heteroatoms. The summed E-state index contributed by atoms with van der Waals surface area (Å²) in [4.78, 5) is 0. The van der Waals surface area contributed by atoms with Gasteiger partial charge in [-0.1, -0.05) is 90.0 Å². The molecule has 1 N–H and O–H groups in total.